The number of rotatable bonds is 5. The van der Waals surface area contributed by atoms with Gasteiger partial charge in [-0.3, -0.25) is 0 Å². The molecule has 4 nitrogen and oxygen atoms in total. The first-order chi connectivity index (χ1) is 5.76. The molecule has 0 heterocycles. The SMILES string of the molecule is CCNC(=O)N(CC)CCC=O. The first kappa shape index (κ1) is 10.9. The lowest BCUT2D eigenvalue weighted by Crippen LogP contribution is -2.40. The number of amides is 2. The van der Waals surface area contributed by atoms with Crippen LogP contribution in [0.25, 0.3) is 0 Å². The summed E-state index contributed by atoms with van der Waals surface area (Å²) < 4.78 is 0. The number of carbonyl (C=O) groups excluding carboxylic acids is 2. The van der Waals surface area contributed by atoms with Gasteiger partial charge in [-0.25, -0.2) is 4.79 Å². The molecule has 0 aliphatic carbocycles. The van der Waals surface area contributed by atoms with E-state index >= 15 is 0 Å². The van der Waals surface area contributed by atoms with Gasteiger partial charge in [0.25, 0.3) is 0 Å². The number of hydrogen-bond acceptors (Lipinski definition) is 2. The van der Waals surface area contributed by atoms with Crippen molar-refractivity contribution in [3.05, 3.63) is 0 Å². The molecule has 0 aliphatic rings. The van der Waals surface area contributed by atoms with Gasteiger partial charge in [-0.2, -0.15) is 0 Å². The van der Waals surface area contributed by atoms with Crippen molar-refractivity contribution in [3.63, 3.8) is 0 Å². The lowest BCUT2D eigenvalue weighted by atomic mass is 10.4. The second-order valence-corrected chi connectivity index (χ2v) is 2.37. The van der Waals surface area contributed by atoms with Gasteiger partial charge >= 0.3 is 6.03 Å². The molecule has 0 radical (unpaired) electrons. The van der Waals surface area contributed by atoms with Crippen molar-refractivity contribution in [2.24, 2.45) is 0 Å². The van der Waals surface area contributed by atoms with Crippen LogP contribution in [0.2, 0.25) is 0 Å². The molecule has 0 saturated carbocycles. The smallest absolute Gasteiger partial charge is 0.317 e. The molecule has 12 heavy (non-hydrogen) atoms. The van der Waals surface area contributed by atoms with Crippen molar-refractivity contribution in [2.45, 2.75) is 20.3 Å². The second-order valence-electron chi connectivity index (χ2n) is 2.37. The Labute approximate surface area is 72.9 Å². The molecule has 0 rings (SSSR count). The highest BCUT2D eigenvalue weighted by molar-refractivity contribution is 5.74. The molecule has 0 aromatic heterocycles. The highest BCUT2D eigenvalue weighted by Gasteiger charge is 2.08. The van der Waals surface area contributed by atoms with E-state index in [1.807, 2.05) is 13.8 Å². The Kier molecular flexibility index (Phi) is 6.05. The fraction of sp³-hybridized carbons (Fsp3) is 0.750. The Morgan fingerprint density at radius 3 is 2.58 bits per heavy atom. The molecule has 0 saturated heterocycles. The molecular weight excluding hydrogens is 156 g/mol. The fourth-order valence-corrected chi connectivity index (χ4v) is 0.875. The van der Waals surface area contributed by atoms with Crippen LogP contribution in [0.4, 0.5) is 4.79 Å². The zero-order valence-electron chi connectivity index (χ0n) is 7.67. The van der Waals surface area contributed by atoms with Crippen LogP contribution in [0, 0.1) is 0 Å². The third-order valence-corrected chi connectivity index (χ3v) is 1.51. The van der Waals surface area contributed by atoms with Gasteiger partial charge in [-0.05, 0) is 13.8 Å². The highest BCUT2D eigenvalue weighted by atomic mass is 16.2. The van der Waals surface area contributed by atoms with Gasteiger partial charge in [-0.15, -0.1) is 0 Å². The molecule has 0 atom stereocenters. The standard InChI is InChI=1S/C8H16N2O2/c1-3-9-8(12)10(4-2)6-5-7-11/h7H,3-6H2,1-2H3,(H,9,12). The van der Waals surface area contributed by atoms with Crippen molar-refractivity contribution in [1.29, 1.82) is 0 Å². The van der Waals surface area contributed by atoms with Crippen LogP contribution in [0.3, 0.4) is 0 Å². The normalized spacial score (nSPS) is 9.17. The molecule has 0 fully saturated rings. The molecule has 0 bridgehead atoms. The van der Waals surface area contributed by atoms with Gasteiger partial charge in [0, 0.05) is 26.1 Å². The summed E-state index contributed by atoms with van der Waals surface area (Å²) >= 11 is 0. The van der Waals surface area contributed by atoms with Crippen LogP contribution in [-0.4, -0.2) is 36.9 Å². The summed E-state index contributed by atoms with van der Waals surface area (Å²) in [7, 11) is 0. The van der Waals surface area contributed by atoms with Gasteiger partial charge < -0.3 is 15.0 Å². The molecule has 0 aromatic rings. The van der Waals surface area contributed by atoms with E-state index in [9.17, 15) is 9.59 Å². The topological polar surface area (TPSA) is 49.4 Å². The summed E-state index contributed by atoms with van der Waals surface area (Å²) in [6.45, 7) is 5.52. The zero-order valence-corrected chi connectivity index (χ0v) is 7.67. The van der Waals surface area contributed by atoms with Crippen LogP contribution in [0.1, 0.15) is 20.3 Å². The third kappa shape index (κ3) is 3.95. The Bertz CT molecular complexity index is 148. The van der Waals surface area contributed by atoms with Crippen LogP contribution in [0.5, 0.6) is 0 Å². The number of hydrogen-bond donors (Lipinski definition) is 1. The van der Waals surface area contributed by atoms with Gasteiger partial charge in [0.1, 0.15) is 6.29 Å². The molecule has 0 aromatic carbocycles. The predicted octanol–water partition coefficient (Wildman–Crippen LogP) is 0.627. The number of carbonyl (C=O) groups is 2. The maximum atomic E-state index is 11.2. The van der Waals surface area contributed by atoms with Gasteiger partial charge in [0.15, 0.2) is 0 Å². The van der Waals surface area contributed by atoms with Crippen LogP contribution in [-0.2, 0) is 4.79 Å². The van der Waals surface area contributed by atoms with Gasteiger partial charge in [0.05, 0.1) is 0 Å². The maximum Gasteiger partial charge on any atom is 0.317 e. The van der Waals surface area contributed by atoms with Crippen molar-refractivity contribution in [2.75, 3.05) is 19.6 Å². The average molecular weight is 172 g/mol. The third-order valence-electron chi connectivity index (χ3n) is 1.51. The van der Waals surface area contributed by atoms with Crippen molar-refractivity contribution >= 4 is 12.3 Å². The summed E-state index contributed by atoms with van der Waals surface area (Å²) in [5.74, 6) is 0. The number of nitrogens with zero attached hydrogens (tertiary/aromatic N) is 1. The molecule has 0 aliphatic heterocycles. The van der Waals surface area contributed by atoms with E-state index in [-0.39, 0.29) is 6.03 Å². The Balaban J connectivity index is 3.78. The Hall–Kier alpha value is -1.06. The van der Waals surface area contributed by atoms with Gasteiger partial charge in [0.2, 0.25) is 0 Å². The first-order valence-corrected chi connectivity index (χ1v) is 4.22. The molecular formula is C8H16N2O2. The quantitative estimate of drug-likeness (QED) is 0.618. The van der Waals surface area contributed by atoms with Gasteiger partial charge in [-0.1, -0.05) is 0 Å². The zero-order chi connectivity index (χ0) is 9.40. The van der Waals surface area contributed by atoms with E-state index in [2.05, 4.69) is 5.32 Å². The number of urea groups is 1. The maximum absolute atomic E-state index is 11.2. The minimum absolute atomic E-state index is 0.0955. The number of nitrogens with one attached hydrogen (secondary N) is 1. The summed E-state index contributed by atoms with van der Waals surface area (Å²) in [6, 6.07) is -0.0955. The summed E-state index contributed by atoms with van der Waals surface area (Å²) in [6.07, 6.45) is 1.23. The van der Waals surface area contributed by atoms with E-state index in [4.69, 9.17) is 0 Å². The Morgan fingerprint density at radius 1 is 1.50 bits per heavy atom. The van der Waals surface area contributed by atoms with E-state index in [1.54, 1.807) is 4.90 Å². The van der Waals surface area contributed by atoms with E-state index < -0.39 is 0 Å². The predicted molar refractivity (Wildman–Crippen MR) is 47.0 cm³/mol. The lowest BCUT2D eigenvalue weighted by Gasteiger charge is -2.19. The molecule has 4 heteroatoms. The highest BCUT2D eigenvalue weighted by Crippen LogP contribution is 1.90. The van der Waals surface area contributed by atoms with E-state index in [0.29, 0.717) is 26.1 Å². The minimum atomic E-state index is -0.0955. The summed E-state index contributed by atoms with van der Waals surface area (Å²) in [5, 5.41) is 2.68. The van der Waals surface area contributed by atoms with Crippen LogP contribution in [0.15, 0.2) is 0 Å². The number of aldehydes is 1. The van der Waals surface area contributed by atoms with E-state index in [1.165, 1.54) is 0 Å². The molecule has 1 N–H and O–H groups in total. The van der Waals surface area contributed by atoms with Crippen molar-refractivity contribution < 1.29 is 9.59 Å². The first-order valence-electron chi connectivity index (χ1n) is 4.22. The van der Waals surface area contributed by atoms with Crippen molar-refractivity contribution in [1.82, 2.24) is 10.2 Å². The average Bonchev–Trinajstić information content (AvgIpc) is 2.06. The van der Waals surface area contributed by atoms with Crippen LogP contribution >= 0.6 is 0 Å². The largest absolute Gasteiger partial charge is 0.338 e. The molecule has 70 valence electrons. The van der Waals surface area contributed by atoms with E-state index in [0.717, 1.165) is 6.29 Å². The summed E-state index contributed by atoms with van der Waals surface area (Å²) in [4.78, 5) is 22.8. The molecule has 2 amide bonds. The summed E-state index contributed by atoms with van der Waals surface area (Å²) in [5.41, 5.74) is 0. The molecule has 0 spiro atoms. The second kappa shape index (κ2) is 6.64. The monoisotopic (exact) mass is 172 g/mol. The Morgan fingerprint density at radius 2 is 2.17 bits per heavy atom. The van der Waals surface area contributed by atoms with Crippen LogP contribution < -0.4 is 5.32 Å². The lowest BCUT2D eigenvalue weighted by molar-refractivity contribution is -0.108. The molecule has 0 unspecified atom stereocenters. The fourth-order valence-electron chi connectivity index (χ4n) is 0.875. The minimum Gasteiger partial charge on any atom is -0.338 e. The van der Waals surface area contributed by atoms with Crippen molar-refractivity contribution in [3.8, 4) is 0 Å².